The normalized spacial score (nSPS) is 13.6. The number of hydrogen-bond donors (Lipinski definition) is 1. The summed E-state index contributed by atoms with van der Waals surface area (Å²) in [6.45, 7) is 0.212. The second-order valence-electron chi connectivity index (χ2n) is 5.88. The van der Waals surface area contributed by atoms with E-state index in [1.807, 2.05) is 0 Å². The van der Waals surface area contributed by atoms with Crippen molar-refractivity contribution < 1.29 is 23.9 Å². The number of methoxy groups -OCH3 is 2. The molecule has 7 nitrogen and oxygen atoms in total. The molecule has 0 spiro atoms. The minimum Gasteiger partial charge on any atom is -0.493 e. The Bertz CT molecular complexity index is 917. The zero-order valence-corrected chi connectivity index (χ0v) is 16.7. The molecule has 9 heteroatoms. The minimum atomic E-state index is -0.364. The first-order valence-electron chi connectivity index (χ1n) is 8.22. The predicted molar refractivity (Wildman–Crippen MR) is 107 cm³/mol. The van der Waals surface area contributed by atoms with Crippen molar-refractivity contribution in [1.29, 1.82) is 0 Å². The topological polar surface area (TPSA) is 84.9 Å². The van der Waals surface area contributed by atoms with E-state index < -0.39 is 0 Å². The Labute approximate surface area is 170 Å². The van der Waals surface area contributed by atoms with Gasteiger partial charge in [-0.2, -0.15) is 0 Å². The molecule has 28 heavy (non-hydrogen) atoms. The predicted octanol–water partition coefficient (Wildman–Crippen LogP) is 3.80. The number of thioether (sulfide) groups is 1. The molecule has 1 saturated heterocycles. The van der Waals surface area contributed by atoms with Gasteiger partial charge in [-0.1, -0.05) is 35.5 Å². The summed E-state index contributed by atoms with van der Waals surface area (Å²) in [5.74, 6) is 0.332. The Morgan fingerprint density at radius 2 is 1.89 bits per heavy atom. The standard InChI is InChI=1S/C19H17ClN2O5S/c1-26-15-8-12(7-14(20)17(15)27-2)18(24)21-13-5-3-11(4-6-13)9-22-16(23)10-28-19(22)25/h3-8H,9-10H2,1-2H3,(H,21,24). The Morgan fingerprint density at radius 3 is 2.46 bits per heavy atom. The third-order valence-corrected chi connectivity index (χ3v) is 5.23. The molecule has 1 fully saturated rings. The molecule has 1 aliphatic heterocycles. The lowest BCUT2D eigenvalue weighted by molar-refractivity contribution is -0.125. The number of carbonyl (C=O) groups is 3. The monoisotopic (exact) mass is 420 g/mol. The third-order valence-electron chi connectivity index (χ3n) is 4.09. The van der Waals surface area contributed by atoms with Gasteiger partial charge in [0.2, 0.25) is 5.91 Å². The number of rotatable bonds is 6. The van der Waals surface area contributed by atoms with Crippen molar-refractivity contribution in [3.8, 4) is 11.5 Å². The summed E-state index contributed by atoms with van der Waals surface area (Å²) >= 11 is 7.14. The highest BCUT2D eigenvalue weighted by molar-refractivity contribution is 8.14. The maximum Gasteiger partial charge on any atom is 0.289 e. The molecule has 0 saturated carbocycles. The highest BCUT2D eigenvalue weighted by atomic mass is 35.5. The van der Waals surface area contributed by atoms with E-state index in [4.69, 9.17) is 21.1 Å². The van der Waals surface area contributed by atoms with E-state index in [2.05, 4.69) is 5.32 Å². The van der Waals surface area contributed by atoms with Crippen LogP contribution in [-0.2, 0) is 11.3 Å². The number of anilines is 1. The maximum absolute atomic E-state index is 12.5. The van der Waals surface area contributed by atoms with E-state index in [1.165, 1.54) is 31.3 Å². The Balaban J connectivity index is 1.70. The maximum atomic E-state index is 12.5. The molecule has 2 aromatic carbocycles. The van der Waals surface area contributed by atoms with Crippen molar-refractivity contribution in [3.05, 3.63) is 52.5 Å². The lowest BCUT2D eigenvalue weighted by Crippen LogP contribution is -2.27. The Hall–Kier alpha value is -2.71. The molecule has 0 bridgehead atoms. The molecular formula is C19H17ClN2O5S. The smallest absolute Gasteiger partial charge is 0.289 e. The van der Waals surface area contributed by atoms with E-state index in [0.29, 0.717) is 22.7 Å². The molecule has 146 valence electrons. The quantitative estimate of drug-likeness (QED) is 0.765. The number of nitrogens with zero attached hydrogens (tertiary/aromatic N) is 1. The summed E-state index contributed by atoms with van der Waals surface area (Å²) in [5, 5.41) is 2.79. The zero-order chi connectivity index (χ0) is 20.3. The van der Waals surface area contributed by atoms with Crippen molar-refractivity contribution in [2.45, 2.75) is 6.54 Å². The second kappa shape index (κ2) is 8.53. The van der Waals surface area contributed by atoms with Gasteiger partial charge < -0.3 is 14.8 Å². The van der Waals surface area contributed by atoms with Crippen LogP contribution in [0.4, 0.5) is 10.5 Å². The minimum absolute atomic E-state index is 0.181. The molecule has 2 aromatic rings. The highest BCUT2D eigenvalue weighted by Gasteiger charge is 2.29. The van der Waals surface area contributed by atoms with Crippen LogP contribution in [0.1, 0.15) is 15.9 Å². The van der Waals surface area contributed by atoms with Gasteiger partial charge in [-0.25, -0.2) is 0 Å². The number of amides is 3. The van der Waals surface area contributed by atoms with E-state index in [1.54, 1.807) is 24.3 Å². The van der Waals surface area contributed by atoms with Crippen LogP contribution < -0.4 is 14.8 Å². The van der Waals surface area contributed by atoms with Gasteiger partial charge in [0, 0.05) is 11.3 Å². The van der Waals surface area contributed by atoms with E-state index in [9.17, 15) is 14.4 Å². The SMILES string of the molecule is COc1cc(C(=O)Nc2ccc(CN3C(=O)CSC3=O)cc2)cc(Cl)c1OC. The molecule has 0 unspecified atom stereocenters. The van der Waals surface area contributed by atoms with Crippen LogP contribution >= 0.6 is 23.4 Å². The summed E-state index contributed by atoms with van der Waals surface area (Å²) < 4.78 is 10.4. The fourth-order valence-corrected chi connectivity index (χ4v) is 3.68. The molecule has 3 amide bonds. The van der Waals surface area contributed by atoms with Gasteiger partial charge in [0.05, 0.1) is 31.5 Å². The molecule has 1 heterocycles. The van der Waals surface area contributed by atoms with Crippen LogP contribution in [0.3, 0.4) is 0 Å². The largest absolute Gasteiger partial charge is 0.493 e. The molecule has 3 rings (SSSR count). The van der Waals surface area contributed by atoms with Crippen LogP contribution in [0, 0.1) is 0 Å². The lowest BCUT2D eigenvalue weighted by atomic mass is 10.1. The van der Waals surface area contributed by atoms with Crippen LogP contribution in [-0.4, -0.2) is 41.9 Å². The number of hydrogen-bond acceptors (Lipinski definition) is 6. The second-order valence-corrected chi connectivity index (χ2v) is 7.21. The molecule has 1 N–H and O–H groups in total. The number of halogens is 1. The van der Waals surface area contributed by atoms with Gasteiger partial charge in [-0.15, -0.1) is 0 Å². The third kappa shape index (κ3) is 4.23. The van der Waals surface area contributed by atoms with Crippen molar-refractivity contribution in [2.24, 2.45) is 0 Å². The van der Waals surface area contributed by atoms with Crippen molar-refractivity contribution in [1.82, 2.24) is 4.90 Å². The summed E-state index contributed by atoms with van der Waals surface area (Å²) in [6, 6.07) is 9.94. The van der Waals surface area contributed by atoms with Gasteiger partial charge in [0.1, 0.15) is 0 Å². The van der Waals surface area contributed by atoms with Gasteiger partial charge in [-0.05, 0) is 29.8 Å². The number of nitrogens with one attached hydrogen (secondary N) is 1. The van der Waals surface area contributed by atoms with Gasteiger partial charge in [0.15, 0.2) is 11.5 Å². The average molecular weight is 421 g/mol. The fourth-order valence-electron chi connectivity index (χ4n) is 2.66. The first-order valence-corrected chi connectivity index (χ1v) is 9.58. The van der Waals surface area contributed by atoms with Crippen LogP contribution in [0.15, 0.2) is 36.4 Å². The van der Waals surface area contributed by atoms with Crippen LogP contribution in [0.2, 0.25) is 5.02 Å². The van der Waals surface area contributed by atoms with Crippen LogP contribution in [0.25, 0.3) is 0 Å². The number of carbonyl (C=O) groups excluding carboxylic acids is 3. The summed E-state index contributed by atoms with van der Waals surface area (Å²) in [6.07, 6.45) is 0. The summed E-state index contributed by atoms with van der Waals surface area (Å²) in [7, 11) is 2.93. The number of ether oxygens (including phenoxy) is 2. The number of imide groups is 1. The molecule has 0 aromatic heterocycles. The van der Waals surface area contributed by atoms with Crippen molar-refractivity contribution in [2.75, 3.05) is 25.3 Å². The molecule has 0 radical (unpaired) electrons. The first-order chi connectivity index (χ1) is 13.4. The Morgan fingerprint density at radius 1 is 1.18 bits per heavy atom. The summed E-state index contributed by atoms with van der Waals surface area (Å²) in [4.78, 5) is 37.1. The molecular weight excluding hydrogens is 404 g/mol. The summed E-state index contributed by atoms with van der Waals surface area (Å²) in [5.41, 5.74) is 1.67. The molecule has 0 atom stereocenters. The van der Waals surface area contributed by atoms with Crippen LogP contribution in [0.5, 0.6) is 11.5 Å². The van der Waals surface area contributed by atoms with E-state index in [0.717, 1.165) is 17.3 Å². The van der Waals surface area contributed by atoms with Crippen molar-refractivity contribution >= 4 is 46.1 Å². The fraction of sp³-hybridized carbons (Fsp3) is 0.211. The van der Waals surface area contributed by atoms with Crippen molar-refractivity contribution in [3.63, 3.8) is 0 Å². The van der Waals surface area contributed by atoms with E-state index >= 15 is 0 Å². The van der Waals surface area contributed by atoms with Gasteiger partial charge >= 0.3 is 0 Å². The van der Waals surface area contributed by atoms with Gasteiger partial charge in [0.25, 0.3) is 11.1 Å². The Kier molecular flexibility index (Phi) is 6.11. The highest BCUT2D eigenvalue weighted by Crippen LogP contribution is 2.36. The lowest BCUT2D eigenvalue weighted by Gasteiger charge is -2.14. The zero-order valence-electron chi connectivity index (χ0n) is 15.2. The average Bonchev–Trinajstić information content (AvgIpc) is 3.00. The van der Waals surface area contributed by atoms with E-state index in [-0.39, 0.29) is 34.4 Å². The van der Waals surface area contributed by atoms with Gasteiger partial charge in [-0.3, -0.25) is 19.3 Å². The molecule has 1 aliphatic rings. The number of benzene rings is 2. The first kappa shape index (κ1) is 20.0. The molecule has 0 aliphatic carbocycles.